The van der Waals surface area contributed by atoms with Gasteiger partial charge in [-0.1, -0.05) is 99.1 Å². The first-order chi connectivity index (χ1) is 23.4. The average Bonchev–Trinajstić information content (AvgIpc) is 3.46. The Balaban J connectivity index is 0.000000520. The summed E-state index contributed by atoms with van der Waals surface area (Å²) in [5, 5.41) is 21.6. The van der Waals surface area contributed by atoms with Crippen LogP contribution in [0.15, 0.2) is 12.2 Å². The van der Waals surface area contributed by atoms with Crippen LogP contribution in [0.4, 0.5) is 0 Å². The summed E-state index contributed by atoms with van der Waals surface area (Å²) in [4.78, 5) is 0. The Bertz CT molecular complexity index is 1160. The van der Waals surface area contributed by atoms with Gasteiger partial charge >= 0.3 is 0 Å². The first kappa shape index (κ1) is 49.4. The minimum absolute atomic E-state index is 0.0271. The van der Waals surface area contributed by atoms with E-state index in [2.05, 4.69) is 127 Å². The quantitative estimate of drug-likeness (QED) is 0.102. The molecule has 0 aromatic carbocycles. The minimum Gasteiger partial charge on any atom is -0.414 e. The van der Waals surface area contributed by atoms with E-state index in [1.165, 1.54) is 0 Å². The van der Waals surface area contributed by atoms with Crippen molar-refractivity contribution < 1.29 is 38.0 Å². The largest absolute Gasteiger partial charge is 0.414 e. The normalized spacial score (nSPS) is 27.2. The maximum absolute atomic E-state index is 10.6. The van der Waals surface area contributed by atoms with Gasteiger partial charge in [-0.2, -0.15) is 0 Å². The Labute approximate surface area is 322 Å². The van der Waals surface area contributed by atoms with Crippen LogP contribution in [-0.2, 0) is 27.8 Å². The number of aliphatic hydroxyl groups excluding tert-OH is 2. The lowest BCUT2D eigenvalue weighted by molar-refractivity contribution is -0.153. The molecule has 0 aromatic heterocycles. The molecule has 2 N–H and O–H groups in total. The van der Waals surface area contributed by atoms with Crippen molar-refractivity contribution >= 4 is 16.6 Å². The zero-order valence-electron chi connectivity index (χ0n) is 37.1. The third kappa shape index (κ3) is 15.2. The van der Waals surface area contributed by atoms with Gasteiger partial charge in [-0.3, -0.25) is 0 Å². The van der Waals surface area contributed by atoms with Crippen molar-refractivity contribution in [1.82, 2.24) is 0 Å². The third-order valence-electron chi connectivity index (χ3n) is 11.3. The molecule has 0 bridgehead atoms. The summed E-state index contributed by atoms with van der Waals surface area (Å²) < 4.78 is 36.6. The van der Waals surface area contributed by atoms with Gasteiger partial charge in [0.2, 0.25) is 0 Å². The first-order valence-electron chi connectivity index (χ1n) is 20.0. The molecule has 2 fully saturated rings. The van der Waals surface area contributed by atoms with Gasteiger partial charge in [0.25, 0.3) is 0 Å². The fourth-order valence-electron chi connectivity index (χ4n) is 5.76. The van der Waals surface area contributed by atoms with Crippen LogP contribution < -0.4 is 0 Å². The summed E-state index contributed by atoms with van der Waals surface area (Å²) in [6, 6.07) is 0. The molecule has 2 aliphatic heterocycles. The minimum atomic E-state index is -1.83. The molecule has 2 saturated heterocycles. The smallest absolute Gasteiger partial charge is 0.192 e. The highest BCUT2D eigenvalue weighted by Gasteiger charge is 2.45. The maximum atomic E-state index is 10.6. The van der Waals surface area contributed by atoms with Crippen molar-refractivity contribution in [1.29, 1.82) is 0 Å². The number of ether oxygens (including phenoxy) is 4. The van der Waals surface area contributed by atoms with E-state index in [-0.39, 0.29) is 52.4 Å². The summed E-state index contributed by atoms with van der Waals surface area (Å²) in [5.41, 5.74) is 0. The predicted molar refractivity (Wildman–Crippen MR) is 220 cm³/mol. The second-order valence-corrected chi connectivity index (χ2v) is 28.8. The molecule has 10 heteroatoms. The summed E-state index contributed by atoms with van der Waals surface area (Å²) in [7, 11) is -3.62. The highest BCUT2D eigenvalue weighted by atomic mass is 28.4. The number of aliphatic hydroxyl groups is 2. The topological polar surface area (TPSA) is 95.8 Å². The summed E-state index contributed by atoms with van der Waals surface area (Å²) in [5.74, 6) is 5.13. The molecule has 0 aromatic rings. The Morgan fingerprint density at radius 1 is 0.654 bits per heavy atom. The Morgan fingerprint density at radius 3 is 1.48 bits per heavy atom. The lowest BCUT2D eigenvalue weighted by atomic mass is 10.0. The Hall–Kier alpha value is -0.586. The van der Waals surface area contributed by atoms with E-state index >= 15 is 0 Å². The van der Waals surface area contributed by atoms with Crippen LogP contribution in [0.1, 0.15) is 136 Å². The van der Waals surface area contributed by atoms with Gasteiger partial charge in [0.15, 0.2) is 28.2 Å². The third-order valence-corrected chi connectivity index (χ3v) is 20.5. The molecule has 0 amide bonds. The molecule has 2 heterocycles. The van der Waals surface area contributed by atoms with Crippen LogP contribution in [0, 0.1) is 23.7 Å². The van der Waals surface area contributed by atoms with Crippen molar-refractivity contribution in [3.8, 4) is 11.8 Å². The van der Waals surface area contributed by atoms with Gasteiger partial charge in [0, 0.05) is 12.0 Å². The molecule has 0 aliphatic carbocycles. The van der Waals surface area contributed by atoms with Crippen molar-refractivity contribution in [3.63, 3.8) is 0 Å². The lowest BCUT2D eigenvalue weighted by Gasteiger charge is -2.39. The summed E-state index contributed by atoms with van der Waals surface area (Å²) in [6.07, 6.45) is 5.36. The van der Waals surface area contributed by atoms with Crippen molar-refractivity contribution in [3.05, 3.63) is 12.2 Å². The zero-order chi connectivity index (χ0) is 40.7. The average molecular weight is 771 g/mol. The van der Waals surface area contributed by atoms with Crippen molar-refractivity contribution in [2.24, 2.45) is 11.8 Å². The second kappa shape index (κ2) is 19.5. The molecule has 2 unspecified atom stereocenters. The standard InChI is InChI=1S/C21H42O4Si.C21H40O4Si/c2*1-11-12-18-19(24-21(7,8)23-18)17(22)14-13-15(2)16(3)25-26(9,10)20(4,5)6/h13-19,22H,11-12H2,1-10H3;15-19,22H,11-12H2,1-10H3/b14-13-;/t2*15-,16+,17?,18+,19-/m11/s1. The van der Waals surface area contributed by atoms with E-state index in [0.29, 0.717) is 0 Å². The van der Waals surface area contributed by atoms with Gasteiger partial charge in [-0.15, -0.1) is 0 Å². The van der Waals surface area contributed by atoms with Crippen LogP contribution in [0.2, 0.25) is 36.3 Å². The molecule has 2 rings (SSSR count). The molecule has 306 valence electrons. The molecule has 10 atom stereocenters. The molecule has 0 spiro atoms. The SMILES string of the molecule is CCC[C@@H]1OC(C)(C)O[C@@H]1C(O)/C=C\[C@@H](C)[C@H](C)O[Si](C)(C)C(C)(C)C.CCC[C@@H]1OC(C)(C)O[C@@H]1C(O)C#C[C@@H](C)[C@H](C)O[Si](C)(C)C(C)(C)C. The molecule has 52 heavy (non-hydrogen) atoms. The molecular formula is C42H82O8Si2. The van der Waals surface area contributed by atoms with Crippen molar-refractivity contribution in [2.75, 3.05) is 0 Å². The molecule has 0 radical (unpaired) electrons. The van der Waals surface area contributed by atoms with Gasteiger partial charge in [0.05, 0.1) is 18.3 Å². The highest BCUT2D eigenvalue weighted by molar-refractivity contribution is 6.74. The maximum Gasteiger partial charge on any atom is 0.192 e. The van der Waals surface area contributed by atoms with E-state index in [9.17, 15) is 10.2 Å². The van der Waals surface area contributed by atoms with Gasteiger partial charge < -0.3 is 38.0 Å². The number of hydrogen-bond donors (Lipinski definition) is 2. The molecule has 2 aliphatic rings. The number of rotatable bonds is 14. The Morgan fingerprint density at radius 2 is 1.06 bits per heavy atom. The van der Waals surface area contributed by atoms with E-state index in [4.69, 9.17) is 27.8 Å². The van der Waals surface area contributed by atoms with Gasteiger partial charge in [-0.05, 0) is 103 Å². The van der Waals surface area contributed by atoms with Crippen LogP contribution in [0.3, 0.4) is 0 Å². The zero-order valence-corrected chi connectivity index (χ0v) is 39.1. The van der Waals surface area contributed by atoms with E-state index in [1.54, 1.807) is 0 Å². The monoisotopic (exact) mass is 771 g/mol. The highest BCUT2D eigenvalue weighted by Crippen LogP contribution is 2.39. The second-order valence-electron chi connectivity index (χ2n) is 19.3. The van der Waals surface area contributed by atoms with Crippen LogP contribution >= 0.6 is 0 Å². The first-order valence-corrected chi connectivity index (χ1v) is 25.8. The van der Waals surface area contributed by atoms with Crippen molar-refractivity contribution in [2.45, 2.75) is 233 Å². The van der Waals surface area contributed by atoms with E-state index in [0.717, 1.165) is 25.7 Å². The summed E-state index contributed by atoms with van der Waals surface area (Å²) in [6.45, 7) is 42.7. The van der Waals surface area contributed by atoms with E-state index in [1.807, 2.05) is 33.8 Å². The summed E-state index contributed by atoms with van der Waals surface area (Å²) >= 11 is 0. The predicted octanol–water partition coefficient (Wildman–Crippen LogP) is 9.99. The fraction of sp³-hybridized carbons (Fsp3) is 0.905. The van der Waals surface area contributed by atoms with E-state index < -0.39 is 46.5 Å². The van der Waals surface area contributed by atoms with Gasteiger partial charge in [0.1, 0.15) is 24.4 Å². The lowest BCUT2D eigenvalue weighted by Crippen LogP contribution is -2.44. The number of hydrogen-bond acceptors (Lipinski definition) is 8. The molecule has 0 saturated carbocycles. The van der Waals surface area contributed by atoms with Crippen LogP contribution in [-0.4, -0.2) is 87.3 Å². The van der Waals surface area contributed by atoms with Gasteiger partial charge in [-0.25, -0.2) is 0 Å². The van der Waals surface area contributed by atoms with Crippen LogP contribution in [0.5, 0.6) is 0 Å². The molecule has 8 nitrogen and oxygen atoms in total. The Kier molecular flexibility index (Phi) is 18.6. The fourth-order valence-corrected chi connectivity index (χ4v) is 8.75. The molecular weight excluding hydrogens is 689 g/mol. The van der Waals surface area contributed by atoms with Crippen LogP contribution in [0.25, 0.3) is 0 Å².